The Kier molecular flexibility index (Phi) is 7.64. The largest absolute Gasteiger partial charge is 0.354 e. The van der Waals surface area contributed by atoms with E-state index in [1.165, 1.54) is 28.0 Å². The molecule has 2 aliphatic heterocycles. The zero-order valence-corrected chi connectivity index (χ0v) is 19.2. The summed E-state index contributed by atoms with van der Waals surface area (Å²) in [6, 6.07) is 3.52. The molecule has 4 rings (SSSR count). The van der Waals surface area contributed by atoms with Crippen LogP contribution in [0.1, 0.15) is 55.3 Å². The molecule has 0 unspecified atom stereocenters. The Balaban J connectivity index is 1.49. The molecule has 1 saturated carbocycles. The fraction of sp³-hybridized carbons (Fsp3) is 0.583. The third-order valence-electron chi connectivity index (χ3n) is 6.84. The number of rotatable bonds is 4. The molecule has 1 aromatic rings. The zero-order valence-electron chi connectivity index (χ0n) is 19.2. The highest BCUT2D eigenvalue weighted by Gasteiger charge is 2.39. The van der Waals surface area contributed by atoms with Gasteiger partial charge in [0, 0.05) is 31.2 Å². The Hall–Kier alpha value is -3.17. The normalized spacial score (nSPS) is 23.7. The average Bonchev–Trinajstić information content (AvgIpc) is 2.85. The van der Waals surface area contributed by atoms with E-state index in [1.54, 1.807) is 0 Å². The van der Waals surface area contributed by atoms with Crippen molar-refractivity contribution in [1.82, 2.24) is 25.8 Å². The van der Waals surface area contributed by atoms with E-state index in [2.05, 4.69) is 16.0 Å². The number of nitrogens with one attached hydrogen (secondary N) is 3. The van der Waals surface area contributed by atoms with Crippen molar-refractivity contribution in [2.45, 2.75) is 63.1 Å². The number of hydrogen-bond acceptors (Lipinski definition) is 4. The maximum Gasteiger partial charge on any atom is 0.318 e. The highest BCUT2D eigenvalue weighted by Crippen LogP contribution is 2.20. The van der Waals surface area contributed by atoms with Crippen molar-refractivity contribution in [2.75, 3.05) is 26.2 Å². The van der Waals surface area contributed by atoms with Gasteiger partial charge in [-0.05, 0) is 43.9 Å². The Bertz CT molecular complexity index is 936. The van der Waals surface area contributed by atoms with E-state index in [0.29, 0.717) is 13.0 Å². The maximum absolute atomic E-state index is 13.7. The van der Waals surface area contributed by atoms with Crippen LogP contribution in [0.15, 0.2) is 24.3 Å². The van der Waals surface area contributed by atoms with Crippen LogP contribution < -0.4 is 16.0 Å². The maximum atomic E-state index is 13.7. The van der Waals surface area contributed by atoms with Gasteiger partial charge in [-0.15, -0.1) is 0 Å². The minimum absolute atomic E-state index is 0.0341. The Morgan fingerprint density at radius 1 is 1.00 bits per heavy atom. The van der Waals surface area contributed by atoms with Gasteiger partial charge in [-0.25, -0.2) is 9.18 Å². The molecule has 9 nitrogen and oxygen atoms in total. The van der Waals surface area contributed by atoms with Crippen LogP contribution in [-0.4, -0.2) is 77.9 Å². The van der Waals surface area contributed by atoms with Gasteiger partial charge in [0.25, 0.3) is 5.91 Å². The van der Waals surface area contributed by atoms with Crippen molar-refractivity contribution in [3.63, 3.8) is 0 Å². The summed E-state index contributed by atoms with van der Waals surface area (Å²) < 4.78 is 13.7. The quantitative estimate of drug-likeness (QED) is 0.614. The van der Waals surface area contributed by atoms with Gasteiger partial charge in [0.1, 0.15) is 17.9 Å². The van der Waals surface area contributed by atoms with Crippen molar-refractivity contribution >= 4 is 23.8 Å². The molecule has 2 saturated heterocycles. The van der Waals surface area contributed by atoms with Gasteiger partial charge in [0.05, 0.1) is 6.54 Å². The Morgan fingerprint density at radius 2 is 1.79 bits per heavy atom. The molecular formula is C24H32FN5O4. The SMILES string of the molecule is O=C(N[C@@H]1CCCNC1=O)[C@H]1CN(C(=O)c2cccc(F)c2)CCN1C(=O)NC1CCCCC1. The van der Waals surface area contributed by atoms with Crippen LogP contribution in [0.3, 0.4) is 0 Å². The van der Waals surface area contributed by atoms with Crippen LogP contribution in [-0.2, 0) is 9.59 Å². The number of nitrogens with zero attached hydrogens (tertiary/aromatic N) is 2. The minimum Gasteiger partial charge on any atom is -0.354 e. The number of urea groups is 1. The second-order valence-corrected chi connectivity index (χ2v) is 9.25. The summed E-state index contributed by atoms with van der Waals surface area (Å²) in [5.74, 6) is -1.65. The number of carbonyl (C=O) groups excluding carboxylic acids is 4. The number of amides is 5. The Labute approximate surface area is 198 Å². The van der Waals surface area contributed by atoms with E-state index in [4.69, 9.17) is 0 Å². The molecule has 3 fully saturated rings. The first kappa shape index (κ1) is 24.0. The van der Waals surface area contributed by atoms with Gasteiger partial charge >= 0.3 is 6.03 Å². The lowest BCUT2D eigenvalue weighted by Gasteiger charge is -2.41. The van der Waals surface area contributed by atoms with Crippen LogP contribution in [0.4, 0.5) is 9.18 Å². The van der Waals surface area contributed by atoms with Crippen LogP contribution in [0.25, 0.3) is 0 Å². The zero-order chi connectivity index (χ0) is 24.1. The molecular weight excluding hydrogens is 441 g/mol. The summed E-state index contributed by atoms with van der Waals surface area (Å²) in [5, 5.41) is 8.54. The topological polar surface area (TPSA) is 111 Å². The third-order valence-corrected chi connectivity index (χ3v) is 6.84. The van der Waals surface area contributed by atoms with E-state index < -0.39 is 29.7 Å². The molecule has 1 aromatic carbocycles. The monoisotopic (exact) mass is 473 g/mol. The lowest BCUT2D eigenvalue weighted by molar-refractivity contribution is -0.133. The fourth-order valence-electron chi connectivity index (χ4n) is 4.92. The first-order valence-electron chi connectivity index (χ1n) is 12.1. The molecule has 2 atom stereocenters. The molecule has 2 heterocycles. The van der Waals surface area contributed by atoms with Crippen molar-refractivity contribution in [3.05, 3.63) is 35.6 Å². The first-order chi connectivity index (χ1) is 16.4. The highest BCUT2D eigenvalue weighted by atomic mass is 19.1. The van der Waals surface area contributed by atoms with Gasteiger partial charge in [-0.3, -0.25) is 14.4 Å². The summed E-state index contributed by atoms with van der Waals surface area (Å²) in [6.07, 6.45) is 6.35. The summed E-state index contributed by atoms with van der Waals surface area (Å²) in [5.41, 5.74) is 0.186. The first-order valence-corrected chi connectivity index (χ1v) is 12.1. The molecule has 0 aromatic heterocycles. The van der Waals surface area contributed by atoms with Gasteiger partial charge < -0.3 is 25.8 Å². The molecule has 3 aliphatic rings. The van der Waals surface area contributed by atoms with E-state index >= 15 is 0 Å². The number of piperazine rings is 1. The average molecular weight is 474 g/mol. The predicted octanol–water partition coefficient (Wildman–Crippen LogP) is 1.39. The second kappa shape index (κ2) is 10.8. The van der Waals surface area contributed by atoms with Gasteiger partial charge in [-0.2, -0.15) is 0 Å². The molecule has 0 spiro atoms. The summed E-state index contributed by atoms with van der Waals surface area (Å²) in [6.45, 7) is 0.920. The standard InChI is InChI=1S/C24H32FN5O4/c25-17-7-4-6-16(14-17)23(33)29-12-13-30(24(34)27-18-8-2-1-3-9-18)20(15-29)22(32)28-19-10-5-11-26-21(19)31/h4,6-7,14,18-20H,1-3,5,8-13,15H2,(H,26,31)(H,27,34)(H,28,32)/t19-,20-/m1/s1. The number of halogens is 1. The number of piperidine rings is 1. The molecule has 3 N–H and O–H groups in total. The van der Waals surface area contributed by atoms with Crippen molar-refractivity contribution < 1.29 is 23.6 Å². The lowest BCUT2D eigenvalue weighted by atomic mass is 9.95. The third kappa shape index (κ3) is 5.66. The van der Waals surface area contributed by atoms with Gasteiger partial charge in [0.2, 0.25) is 11.8 Å². The van der Waals surface area contributed by atoms with E-state index in [1.807, 2.05) is 0 Å². The fourth-order valence-corrected chi connectivity index (χ4v) is 4.92. The molecule has 1 aliphatic carbocycles. The van der Waals surface area contributed by atoms with E-state index in [-0.39, 0.29) is 43.2 Å². The molecule has 0 bridgehead atoms. The van der Waals surface area contributed by atoms with Crippen LogP contribution >= 0.6 is 0 Å². The summed E-state index contributed by atoms with van der Waals surface area (Å²) >= 11 is 0. The molecule has 10 heteroatoms. The predicted molar refractivity (Wildman–Crippen MR) is 122 cm³/mol. The highest BCUT2D eigenvalue weighted by molar-refractivity contribution is 5.96. The lowest BCUT2D eigenvalue weighted by Crippen LogP contribution is -2.65. The smallest absolute Gasteiger partial charge is 0.318 e. The van der Waals surface area contributed by atoms with Crippen molar-refractivity contribution in [1.29, 1.82) is 0 Å². The Morgan fingerprint density at radius 3 is 2.53 bits per heavy atom. The van der Waals surface area contributed by atoms with E-state index in [9.17, 15) is 23.6 Å². The van der Waals surface area contributed by atoms with E-state index in [0.717, 1.165) is 44.6 Å². The minimum atomic E-state index is -0.954. The van der Waals surface area contributed by atoms with Crippen LogP contribution in [0, 0.1) is 5.82 Å². The van der Waals surface area contributed by atoms with Gasteiger partial charge in [0.15, 0.2) is 0 Å². The molecule has 184 valence electrons. The number of benzene rings is 1. The van der Waals surface area contributed by atoms with Crippen molar-refractivity contribution in [2.24, 2.45) is 0 Å². The van der Waals surface area contributed by atoms with Crippen LogP contribution in [0.5, 0.6) is 0 Å². The molecule has 34 heavy (non-hydrogen) atoms. The second-order valence-electron chi connectivity index (χ2n) is 9.25. The molecule has 5 amide bonds. The molecule has 0 radical (unpaired) electrons. The number of hydrogen-bond donors (Lipinski definition) is 3. The number of carbonyl (C=O) groups is 4. The van der Waals surface area contributed by atoms with Crippen LogP contribution in [0.2, 0.25) is 0 Å². The summed E-state index contributed by atoms with van der Waals surface area (Å²) in [7, 11) is 0. The summed E-state index contributed by atoms with van der Waals surface area (Å²) in [4.78, 5) is 54.5. The van der Waals surface area contributed by atoms with Gasteiger partial charge in [-0.1, -0.05) is 25.3 Å². The van der Waals surface area contributed by atoms with Crippen molar-refractivity contribution in [3.8, 4) is 0 Å².